The van der Waals surface area contributed by atoms with Gasteiger partial charge < -0.3 is 10.2 Å². The van der Waals surface area contributed by atoms with Crippen molar-refractivity contribution in [3.05, 3.63) is 11.8 Å². The largest absolute Gasteiger partial charge is 0.424 e. The summed E-state index contributed by atoms with van der Waals surface area (Å²) in [6, 6.07) is 0. The normalized spacial score (nSPS) is 12.3. The summed E-state index contributed by atoms with van der Waals surface area (Å²) in [5.74, 6) is 1.41. The van der Waals surface area contributed by atoms with Gasteiger partial charge in [-0.1, -0.05) is 27.7 Å². The van der Waals surface area contributed by atoms with Gasteiger partial charge in [-0.25, -0.2) is 0 Å². The average Bonchev–Trinajstić information content (AvgIpc) is 2.76. The Balaban J connectivity index is 2.62. The number of hydrogen-bond acceptors (Lipinski definition) is 5. The van der Waals surface area contributed by atoms with E-state index < -0.39 is 0 Å². The van der Waals surface area contributed by atoms with E-state index in [0.717, 1.165) is 25.9 Å². The molecule has 0 radical (unpaired) electrons. The van der Waals surface area contributed by atoms with Crippen LogP contribution in [0.25, 0.3) is 0 Å². The van der Waals surface area contributed by atoms with Crippen LogP contribution in [0.15, 0.2) is 4.42 Å². The van der Waals surface area contributed by atoms with Gasteiger partial charge in [0.25, 0.3) is 0 Å². The van der Waals surface area contributed by atoms with E-state index in [-0.39, 0.29) is 5.41 Å². The van der Waals surface area contributed by atoms with Gasteiger partial charge in [0.1, 0.15) is 0 Å². The van der Waals surface area contributed by atoms with Crippen molar-refractivity contribution in [1.29, 1.82) is 0 Å². The van der Waals surface area contributed by atoms with Crippen molar-refractivity contribution in [3.63, 3.8) is 0 Å². The highest BCUT2D eigenvalue weighted by Crippen LogP contribution is 2.17. The Morgan fingerprint density at radius 3 is 2.39 bits per heavy atom. The quantitative estimate of drug-likeness (QED) is 0.766. The van der Waals surface area contributed by atoms with Crippen molar-refractivity contribution in [2.24, 2.45) is 11.1 Å². The first-order valence-electron chi connectivity index (χ1n) is 6.74. The molecule has 1 rings (SSSR count). The summed E-state index contributed by atoms with van der Waals surface area (Å²) in [6.45, 7) is 11.9. The van der Waals surface area contributed by atoms with Crippen LogP contribution >= 0.6 is 0 Å². The van der Waals surface area contributed by atoms with E-state index in [1.54, 1.807) is 0 Å². The molecule has 2 N–H and O–H groups in total. The first kappa shape index (κ1) is 15.1. The van der Waals surface area contributed by atoms with E-state index >= 15 is 0 Å². The smallest absolute Gasteiger partial charge is 0.230 e. The monoisotopic (exact) mass is 254 g/mol. The van der Waals surface area contributed by atoms with Gasteiger partial charge in [0, 0.05) is 13.0 Å². The van der Waals surface area contributed by atoms with Crippen molar-refractivity contribution < 1.29 is 4.42 Å². The van der Waals surface area contributed by atoms with Crippen molar-refractivity contribution in [3.8, 4) is 0 Å². The Bertz CT molecular complexity index is 349. The van der Waals surface area contributed by atoms with Crippen LogP contribution in [-0.2, 0) is 13.0 Å². The van der Waals surface area contributed by atoms with E-state index in [9.17, 15) is 0 Å². The lowest BCUT2D eigenvalue weighted by Crippen LogP contribution is -2.38. The molecule has 0 aliphatic rings. The molecule has 0 aliphatic carbocycles. The zero-order valence-electron chi connectivity index (χ0n) is 12.1. The summed E-state index contributed by atoms with van der Waals surface area (Å²) in [7, 11) is 0. The summed E-state index contributed by atoms with van der Waals surface area (Å²) in [6.07, 6.45) is 1.89. The maximum atomic E-state index is 5.79. The van der Waals surface area contributed by atoms with Crippen molar-refractivity contribution in [2.75, 3.05) is 19.6 Å². The Hall–Kier alpha value is -0.940. The summed E-state index contributed by atoms with van der Waals surface area (Å²) in [4.78, 5) is 2.33. The molecular formula is C13H26N4O. The molecule has 1 aromatic heterocycles. The number of aromatic nitrogens is 2. The summed E-state index contributed by atoms with van der Waals surface area (Å²) >= 11 is 0. The van der Waals surface area contributed by atoms with E-state index in [4.69, 9.17) is 10.2 Å². The molecular weight excluding hydrogens is 228 g/mol. The van der Waals surface area contributed by atoms with Gasteiger partial charge in [0.2, 0.25) is 11.8 Å². The minimum Gasteiger partial charge on any atom is -0.424 e. The fraction of sp³-hybridized carbons (Fsp3) is 0.846. The lowest BCUT2D eigenvalue weighted by molar-refractivity contribution is 0.162. The molecule has 0 aliphatic heterocycles. The highest BCUT2D eigenvalue weighted by Gasteiger charge is 2.21. The number of rotatable bonds is 8. The molecule has 0 fully saturated rings. The SMILES string of the molecule is CCCN(Cc1nnc(CC)o1)CC(C)(C)CN. The number of aryl methyl sites for hydroxylation is 1. The first-order valence-corrected chi connectivity index (χ1v) is 6.74. The molecule has 0 bridgehead atoms. The fourth-order valence-electron chi connectivity index (χ4n) is 1.89. The number of hydrogen-bond donors (Lipinski definition) is 1. The predicted molar refractivity (Wildman–Crippen MR) is 72.1 cm³/mol. The minimum atomic E-state index is 0.114. The van der Waals surface area contributed by atoms with Gasteiger partial charge in [0.05, 0.1) is 6.54 Å². The molecule has 5 nitrogen and oxygen atoms in total. The average molecular weight is 254 g/mol. The number of nitrogens with two attached hydrogens (primary N) is 1. The molecule has 0 atom stereocenters. The second-order valence-electron chi connectivity index (χ2n) is 5.52. The molecule has 18 heavy (non-hydrogen) atoms. The summed E-state index contributed by atoms with van der Waals surface area (Å²) in [5.41, 5.74) is 5.91. The van der Waals surface area contributed by atoms with E-state index in [2.05, 4.69) is 35.9 Å². The molecule has 0 saturated heterocycles. The van der Waals surface area contributed by atoms with Crippen molar-refractivity contribution in [1.82, 2.24) is 15.1 Å². The molecule has 5 heteroatoms. The molecule has 0 unspecified atom stereocenters. The van der Waals surface area contributed by atoms with Gasteiger partial charge in [0.15, 0.2) is 0 Å². The van der Waals surface area contributed by atoms with Crippen LogP contribution in [0.3, 0.4) is 0 Å². The van der Waals surface area contributed by atoms with Crippen molar-refractivity contribution in [2.45, 2.75) is 47.1 Å². The van der Waals surface area contributed by atoms with Crippen LogP contribution in [0.1, 0.15) is 45.9 Å². The Labute approximate surface area is 110 Å². The van der Waals surface area contributed by atoms with Crippen LogP contribution in [0, 0.1) is 5.41 Å². The van der Waals surface area contributed by atoms with Crippen LogP contribution in [0.5, 0.6) is 0 Å². The molecule has 0 spiro atoms. The highest BCUT2D eigenvalue weighted by atomic mass is 16.4. The third kappa shape index (κ3) is 4.74. The second kappa shape index (κ2) is 6.85. The zero-order chi connectivity index (χ0) is 13.6. The van der Waals surface area contributed by atoms with Gasteiger partial charge in [-0.2, -0.15) is 0 Å². The maximum Gasteiger partial charge on any atom is 0.230 e. The fourth-order valence-corrected chi connectivity index (χ4v) is 1.89. The zero-order valence-corrected chi connectivity index (χ0v) is 12.1. The van der Waals surface area contributed by atoms with Gasteiger partial charge in [-0.15, -0.1) is 10.2 Å². The molecule has 0 amide bonds. The highest BCUT2D eigenvalue weighted by molar-refractivity contribution is 4.83. The Kier molecular flexibility index (Phi) is 5.75. The third-order valence-electron chi connectivity index (χ3n) is 2.91. The minimum absolute atomic E-state index is 0.114. The topological polar surface area (TPSA) is 68.2 Å². The van der Waals surface area contributed by atoms with Crippen LogP contribution in [-0.4, -0.2) is 34.7 Å². The molecule has 0 saturated carbocycles. The predicted octanol–water partition coefficient (Wildman–Crippen LogP) is 1.83. The lowest BCUT2D eigenvalue weighted by atomic mass is 9.93. The molecule has 1 aromatic rings. The van der Waals surface area contributed by atoms with E-state index in [0.29, 0.717) is 24.9 Å². The van der Waals surface area contributed by atoms with E-state index in [1.165, 1.54) is 0 Å². The molecule has 1 heterocycles. The standard InChI is InChI=1S/C13H26N4O/c1-5-7-17(10-13(3,4)9-14)8-12-16-15-11(6-2)18-12/h5-10,14H2,1-4H3. The third-order valence-corrected chi connectivity index (χ3v) is 2.91. The number of nitrogens with zero attached hydrogens (tertiary/aromatic N) is 3. The molecule has 104 valence electrons. The van der Waals surface area contributed by atoms with Crippen LogP contribution in [0.4, 0.5) is 0 Å². The van der Waals surface area contributed by atoms with Crippen LogP contribution < -0.4 is 5.73 Å². The summed E-state index contributed by atoms with van der Waals surface area (Å²) in [5, 5.41) is 8.07. The van der Waals surface area contributed by atoms with Gasteiger partial charge in [-0.3, -0.25) is 4.90 Å². The first-order chi connectivity index (χ1) is 8.50. The Morgan fingerprint density at radius 2 is 1.89 bits per heavy atom. The molecule has 0 aromatic carbocycles. The Morgan fingerprint density at radius 1 is 1.22 bits per heavy atom. The van der Waals surface area contributed by atoms with Gasteiger partial charge in [-0.05, 0) is 24.9 Å². The van der Waals surface area contributed by atoms with Crippen LogP contribution in [0.2, 0.25) is 0 Å². The van der Waals surface area contributed by atoms with E-state index in [1.807, 2.05) is 6.92 Å². The van der Waals surface area contributed by atoms with Gasteiger partial charge >= 0.3 is 0 Å². The summed E-state index contributed by atoms with van der Waals surface area (Å²) < 4.78 is 5.56. The second-order valence-corrected chi connectivity index (χ2v) is 5.52. The van der Waals surface area contributed by atoms with Crippen molar-refractivity contribution >= 4 is 0 Å². The maximum absolute atomic E-state index is 5.79. The lowest BCUT2D eigenvalue weighted by Gasteiger charge is -2.30.